The first-order valence-corrected chi connectivity index (χ1v) is 5.70. The molecule has 2 rings (SSSR count). The fourth-order valence-electron chi connectivity index (χ4n) is 2.10. The first-order chi connectivity index (χ1) is 6.27. The van der Waals surface area contributed by atoms with E-state index < -0.39 is 0 Å². The summed E-state index contributed by atoms with van der Waals surface area (Å²) in [6.07, 6.45) is 2.86. The second kappa shape index (κ2) is 4.43. The molecule has 2 aliphatic rings. The number of nitrogens with zero attached hydrogens (tertiary/aromatic N) is 2. The normalized spacial score (nSPS) is 26.8. The van der Waals surface area contributed by atoms with Crippen LogP contribution in [0.4, 0.5) is 0 Å². The molecule has 0 bridgehead atoms. The molecule has 0 amide bonds. The van der Waals surface area contributed by atoms with Crippen LogP contribution in [-0.4, -0.2) is 48.6 Å². The molecule has 1 saturated carbocycles. The number of likely N-dealkylation sites (N-methyl/N-ethyl adjacent to an activating group) is 2. The fraction of sp³-hybridized carbons (Fsp3) is 1.00. The summed E-state index contributed by atoms with van der Waals surface area (Å²) in [7, 11) is 2.28. The zero-order valence-corrected chi connectivity index (χ0v) is 9.64. The minimum absolute atomic E-state index is 0.619. The van der Waals surface area contributed by atoms with Gasteiger partial charge in [-0.3, -0.25) is 4.90 Å². The number of rotatable bonds is 1. The molecule has 1 heterocycles. The maximum atomic E-state index is 2.58. The Kier molecular flexibility index (Phi) is 3.74. The van der Waals surface area contributed by atoms with Crippen LogP contribution in [-0.2, 0) is 0 Å². The highest BCUT2D eigenvalue weighted by Gasteiger charge is 2.48. The lowest BCUT2D eigenvalue weighted by molar-refractivity contribution is 0.0844. The average molecular weight is 184 g/mol. The van der Waals surface area contributed by atoms with Crippen LogP contribution in [0.15, 0.2) is 0 Å². The highest BCUT2D eigenvalue weighted by molar-refractivity contribution is 5.06. The molecule has 2 nitrogen and oxygen atoms in total. The molecular weight excluding hydrogens is 160 g/mol. The lowest BCUT2D eigenvalue weighted by Crippen LogP contribution is -2.52. The van der Waals surface area contributed by atoms with Crippen molar-refractivity contribution >= 4 is 0 Å². The van der Waals surface area contributed by atoms with Gasteiger partial charge in [0, 0.05) is 25.2 Å². The SMILES string of the molecule is CC.CCN1CCN(C)C2(CC2)C1. The Hall–Kier alpha value is -0.0800. The summed E-state index contributed by atoms with van der Waals surface area (Å²) in [5.41, 5.74) is 0.619. The topological polar surface area (TPSA) is 6.48 Å². The van der Waals surface area contributed by atoms with Crippen LogP contribution >= 0.6 is 0 Å². The van der Waals surface area contributed by atoms with Crippen LogP contribution in [0.25, 0.3) is 0 Å². The summed E-state index contributed by atoms with van der Waals surface area (Å²) in [6.45, 7) is 11.4. The maximum Gasteiger partial charge on any atom is 0.0335 e. The zero-order valence-electron chi connectivity index (χ0n) is 9.64. The molecule has 0 aromatic carbocycles. The van der Waals surface area contributed by atoms with Crippen molar-refractivity contribution in [1.82, 2.24) is 9.80 Å². The summed E-state index contributed by atoms with van der Waals surface area (Å²) < 4.78 is 0. The van der Waals surface area contributed by atoms with Crippen molar-refractivity contribution in [3.8, 4) is 0 Å². The van der Waals surface area contributed by atoms with Crippen LogP contribution in [0.3, 0.4) is 0 Å². The lowest BCUT2D eigenvalue weighted by atomic mass is 10.1. The highest BCUT2D eigenvalue weighted by Crippen LogP contribution is 2.42. The molecule has 0 unspecified atom stereocenters. The van der Waals surface area contributed by atoms with Crippen molar-refractivity contribution in [2.75, 3.05) is 33.2 Å². The Labute approximate surface area is 82.9 Å². The third-order valence-corrected chi connectivity index (χ3v) is 3.35. The van der Waals surface area contributed by atoms with Crippen LogP contribution < -0.4 is 0 Å². The Morgan fingerprint density at radius 2 is 1.77 bits per heavy atom. The van der Waals surface area contributed by atoms with Gasteiger partial charge in [-0.15, -0.1) is 0 Å². The quantitative estimate of drug-likeness (QED) is 0.613. The van der Waals surface area contributed by atoms with E-state index in [1.807, 2.05) is 13.8 Å². The second-order valence-electron chi connectivity index (χ2n) is 4.01. The highest BCUT2D eigenvalue weighted by atomic mass is 15.3. The number of hydrogen-bond donors (Lipinski definition) is 0. The predicted molar refractivity (Wildman–Crippen MR) is 58.1 cm³/mol. The molecule has 13 heavy (non-hydrogen) atoms. The zero-order chi connectivity index (χ0) is 9.90. The third-order valence-electron chi connectivity index (χ3n) is 3.35. The molecule has 0 aromatic heterocycles. The second-order valence-corrected chi connectivity index (χ2v) is 4.01. The van der Waals surface area contributed by atoms with E-state index in [2.05, 4.69) is 23.8 Å². The molecule has 78 valence electrons. The number of piperazine rings is 1. The van der Waals surface area contributed by atoms with E-state index >= 15 is 0 Å². The van der Waals surface area contributed by atoms with Gasteiger partial charge in [-0.2, -0.15) is 0 Å². The predicted octanol–water partition coefficient (Wildman–Crippen LogP) is 1.81. The van der Waals surface area contributed by atoms with Gasteiger partial charge in [0.15, 0.2) is 0 Å². The fourth-order valence-corrected chi connectivity index (χ4v) is 2.10. The van der Waals surface area contributed by atoms with Gasteiger partial charge in [0.2, 0.25) is 0 Å². The Bertz CT molecular complexity index is 152. The molecule has 1 aliphatic heterocycles. The van der Waals surface area contributed by atoms with Gasteiger partial charge in [-0.25, -0.2) is 0 Å². The van der Waals surface area contributed by atoms with Crippen molar-refractivity contribution in [2.24, 2.45) is 0 Å². The smallest absolute Gasteiger partial charge is 0.0335 e. The van der Waals surface area contributed by atoms with Crippen LogP contribution in [0.2, 0.25) is 0 Å². The van der Waals surface area contributed by atoms with Gasteiger partial charge in [0.25, 0.3) is 0 Å². The minimum Gasteiger partial charge on any atom is -0.301 e. The van der Waals surface area contributed by atoms with Crippen molar-refractivity contribution in [1.29, 1.82) is 0 Å². The lowest BCUT2D eigenvalue weighted by Gasteiger charge is -2.39. The molecule has 2 heteroatoms. The summed E-state index contributed by atoms with van der Waals surface area (Å²) >= 11 is 0. The van der Waals surface area contributed by atoms with Gasteiger partial charge in [0.05, 0.1) is 0 Å². The Morgan fingerprint density at radius 1 is 1.15 bits per heavy atom. The van der Waals surface area contributed by atoms with E-state index in [0.717, 1.165) is 0 Å². The summed E-state index contributed by atoms with van der Waals surface area (Å²) in [6, 6.07) is 0. The average Bonchev–Trinajstić information content (AvgIpc) is 2.95. The summed E-state index contributed by atoms with van der Waals surface area (Å²) in [5.74, 6) is 0. The van der Waals surface area contributed by atoms with Crippen molar-refractivity contribution in [2.45, 2.75) is 39.2 Å². The van der Waals surface area contributed by atoms with Gasteiger partial charge < -0.3 is 4.90 Å². The van der Waals surface area contributed by atoms with Gasteiger partial charge in [-0.1, -0.05) is 20.8 Å². The molecule has 1 aliphatic carbocycles. The Balaban J connectivity index is 0.000000396. The van der Waals surface area contributed by atoms with Crippen molar-refractivity contribution in [3.05, 3.63) is 0 Å². The summed E-state index contributed by atoms with van der Waals surface area (Å²) in [5, 5.41) is 0. The van der Waals surface area contributed by atoms with Gasteiger partial charge >= 0.3 is 0 Å². The standard InChI is InChI=1S/C9H18N2.C2H6/c1-3-11-7-6-10(2)9(8-11)4-5-9;1-2/h3-8H2,1-2H3;1-2H3. The Morgan fingerprint density at radius 3 is 2.23 bits per heavy atom. The monoisotopic (exact) mass is 184 g/mol. The van der Waals surface area contributed by atoms with E-state index in [9.17, 15) is 0 Å². The maximum absolute atomic E-state index is 2.58. The van der Waals surface area contributed by atoms with E-state index in [4.69, 9.17) is 0 Å². The van der Waals surface area contributed by atoms with Gasteiger partial charge in [-0.05, 0) is 26.4 Å². The first kappa shape index (κ1) is 11.0. The molecule has 2 fully saturated rings. The van der Waals surface area contributed by atoms with Crippen LogP contribution in [0.1, 0.15) is 33.6 Å². The molecular formula is C11H24N2. The van der Waals surface area contributed by atoms with Crippen LogP contribution in [0.5, 0.6) is 0 Å². The molecule has 0 aromatic rings. The van der Waals surface area contributed by atoms with Gasteiger partial charge in [0.1, 0.15) is 0 Å². The molecule has 1 saturated heterocycles. The molecule has 0 radical (unpaired) electrons. The molecule has 0 atom stereocenters. The molecule has 1 spiro atoms. The van der Waals surface area contributed by atoms with E-state index in [1.54, 1.807) is 0 Å². The minimum atomic E-state index is 0.619. The van der Waals surface area contributed by atoms with E-state index in [1.165, 1.54) is 39.0 Å². The first-order valence-electron chi connectivity index (χ1n) is 5.70. The van der Waals surface area contributed by atoms with Crippen molar-refractivity contribution in [3.63, 3.8) is 0 Å². The van der Waals surface area contributed by atoms with Crippen LogP contribution in [0, 0.1) is 0 Å². The number of hydrogen-bond acceptors (Lipinski definition) is 2. The largest absolute Gasteiger partial charge is 0.301 e. The van der Waals surface area contributed by atoms with E-state index in [-0.39, 0.29) is 0 Å². The molecule has 0 N–H and O–H groups in total. The summed E-state index contributed by atoms with van der Waals surface area (Å²) in [4.78, 5) is 5.13. The third kappa shape index (κ3) is 2.23. The van der Waals surface area contributed by atoms with E-state index in [0.29, 0.717) is 5.54 Å². The van der Waals surface area contributed by atoms with Crippen molar-refractivity contribution < 1.29 is 0 Å².